The van der Waals surface area contributed by atoms with Gasteiger partial charge >= 0.3 is 5.97 Å². The van der Waals surface area contributed by atoms with E-state index < -0.39 is 12.1 Å². The van der Waals surface area contributed by atoms with Gasteiger partial charge in [-0.3, -0.25) is 4.79 Å². The number of hydrogen-bond acceptors (Lipinski definition) is 6. The Morgan fingerprint density at radius 1 is 1.07 bits per heavy atom. The smallest absolute Gasteiger partial charge is 0.341 e. The van der Waals surface area contributed by atoms with Gasteiger partial charge in [-0.05, 0) is 12.1 Å². The van der Waals surface area contributed by atoms with Crippen LogP contribution in [0.25, 0.3) is 0 Å². The number of anilines is 1. The van der Waals surface area contributed by atoms with E-state index in [2.05, 4.69) is 5.32 Å². The van der Waals surface area contributed by atoms with E-state index in [0.29, 0.717) is 49.7 Å². The molecule has 2 aromatic carbocycles. The zero-order chi connectivity index (χ0) is 19.8. The monoisotopic (exact) mass is 384 g/mol. The van der Waals surface area contributed by atoms with E-state index in [-0.39, 0.29) is 12.5 Å². The van der Waals surface area contributed by atoms with E-state index in [4.69, 9.17) is 14.6 Å². The Hall–Kier alpha value is -2.90. The molecule has 0 saturated carbocycles. The number of amides is 1. The molecule has 0 spiro atoms. The first kappa shape index (κ1) is 19.9. The van der Waals surface area contributed by atoms with Gasteiger partial charge in [-0.2, -0.15) is 0 Å². The number of para-hydroxylation sites is 1. The average Bonchev–Trinajstić information content (AvgIpc) is 2.77. The van der Waals surface area contributed by atoms with Crippen LogP contribution in [0.5, 0.6) is 0 Å². The number of aliphatic hydroxyl groups excluding tert-OH is 1. The summed E-state index contributed by atoms with van der Waals surface area (Å²) >= 11 is 0. The van der Waals surface area contributed by atoms with E-state index in [1.54, 1.807) is 53.4 Å². The quantitative estimate of drug-likeness (QED) is 0.709. The lowest BCUT2D eigenvalue weighted by Crippen LogP contribution is -2.44. The molecular weight excluding hydrogens is 360 g/mol. The first-order valence-electron chi connectivity index (χ1n) is 9.27. The molecule has 1 aliphatic rings. The van der Waals surface area contributed by atoms with Crippen molar-refractivity contribution in [2.75, 3.05) is 44.8 Å². The summed E-state index contributed by atoms with van der Waals surface area (Å²) < 4.78 is 11.0. The van der Waals surface area contributed by atoms with Gasteiger partial charge in [0.2, 0.25) is 6.10 Å². The third-order valence-electron chi connectivity index (χ3n) is 4.45. The molecule has 0 unspecified atom stereocenters. The maximum atomic E-state index is 13.1. The van der Waals surface area contributed by atoms with Crippen LogP contribution in [0.1, 0.15) is 22.0 Å². The van der Waals surface area contributed by atoms with E-state index in [0.717, 1.165) is 0 Å². The summed E-state index contributed by atoms with van der Waals surface area (Å²) in [6, 6.07) is 15.9. The molecule has 1 saturated heterocycles. The zero-order valence-electron chi connectivity index (χ0n) is 15.5. The molecule has 1 amide bonds. The highest BCUT2D eigenvalue weighted by Gasteiger charge is 2.31. The van der Waals surface area contributed by atoms with Crippen molar-refractivity contribution in [2.24, 2.45) is 0 Å². The minimum Gasteiger partial charge on any atom is -0.444 e. The number of aliphatic hydroxyl groups is 1. The number of morpholine rings is 1. The minimum absolute atomic E-state index is 0.0639. The highest BCUT2D eigenvalue weighted by molar-refractivity contribution is 5.97. The van der Waals surface area contributed by atoms with Crippen molar-refractivity contribution in [1.82, 2.24) is 4.90 Å². The van der Waals surface area contributed by atoms with Crippen LogP contribution in [-0.4, -0.2) is 61.3 Å². The largest absolute Gasteiger partial charge is 0.444 e. The number of benzene rings is 2. The Morgan fingerprint density at radius 3 is 2.46 bits per heavy atom. The Bertz CT molecular complexity index is 790. The van der Waals surface area contributed by atoms with Crippen LogP contribution in [-0.2, 0) is 14.3 Å². The molecule has 1 aliphatic heterocycles. The number of ether oxygens (including phenoxy) is 2. The fourth-order valence-corrected chi connectivity index (χ4v) is 3.01. The number of esters is 1. The zero-order valence-corrected chi connectivity index (χ0v) is 15.5. The van der Waals surface area contributed by atoms with Crippen molar-refractivity contribution in [1.29, 1.82) is 0 Å². The fraction of sp³-hybridized carbons (Fsp3) is 0.333. The normalized spacial score (nSPS) is 15.0. The summed E-state index contributed by atoms with van der Waals surface area (Å²) in [5.74, 6) is -0.861. The number of nitrogens with zero attached hydrogens (tertiary/aromatic N) is 1. The summed E-state index contributed by atoms with van der Waals surface area (Å²) in [6.07, 6.45) is -1.03. The van der Waals surface area contributed by atoms with E-state index >= 15 is 0 Å². The van der Waals surface area contributed by atoms with Gasteiger partial charge in [0.05, 0.1) is 25.4 Å². The molecule has 2 N–H and O–H groups in total. The SMILES string of the molecule is O=C(O[C@H](C(=O)N1CCOCC1)c1ccccc1)c1ccccc1NCCO. The van der Waals surface area contributed by atoms with Gasteiger partial charge in [0.15, 0.2) is 0 Å². The van der Waals surface area contributed by atoms with Gasteiger partial charge in [0, 0.05) is 30.9 Å². The van der Waals surface area contributed by atoms with E-state index in [1.165, 1.54) is 0 Å². The predicted molar refractivity (Wildman–Crippen MR) is 104 cm³/mol. The number of hydrogen-bond donors (Lipinski definition) is 2. The van der Waals surface area contributed by atoms with Gasteiger partial charge < -0.3 is 24.8 Å². The molecule has 0 aliphatic carbocycles. The Labute approximate surface area is 163 Å². The van der Waals surface area contributed by atoms with Crippen LogP contribution < -0.4 is 5.32 Å². The standard InChI is InChI=1S/C21H24N2O5/c24-13-10-22-18-9-5-4-8-17(18)21(26)28-19(16-6-2-1-3-7-16)20(25)23-11-14-27-15-12-23/h1-9,19,22,24H,10-15H2/t19-/m0/s1. The maximum Gasteiger partial charge on any atom is 0.341 e. The second-order valence-electron chi connectivity index (χ2n) is 6.33. The van der Waals surface area contributed by atoms with Crippen LogP contribution in [0.3, 0.4) is 0 Å². The van der Waals surface area contributed by atoms with Crippen LogP contribution in [0.2, 0.25) is 0 Å². The molecule has 1 atom stereocenters. The molecule has 1 fully saturated rings. The topological polar surface area (TPSA) is 88.1 Å². The molecule has 28 heavy (non-hydrogen) atoms. The van der Waals surface area contributed by atoms with Gasteiger partial charge in [-0.15, -0.1) is 0 Å². The summed E-state index contributed by atoms with van der Waals surface area (Å²) in [5, 5.41) is 12.0. The third-order valence-corrected chi connectivity index (χ3v) is 4.45. The van der Waals surface area contributed by atoms with Crippen LogP contribution in [0, 0.1) is 0 Å². The molecule has 7 nitrogen and oxygen atoms in total. The molecule has 0 aromatic heterocycles. The lowest BCUT2D eigenvalue weighted by molar-refractivity contribution is -0.145. The van der Waals surface area contributed by atoms with Crippen molar-refractivity contribution in [3.63, 3.8) is 0 Å². The minimum atomic E-state index is -1.03. The molecule has 1 heterocycles. The van der Waals surface area contributed by atoms with Crippen molar-refractivity contribution < 1.29 is 24.2 Å². The number of carbonyl (C=O) groups excluding carboxylic acids is 2. The van der Waals surface area contributed by atoms with Crippen molar-refractivity contribution >= 4 is 17.6 Å². The number of rotatable bonds is 7. The number of carbonyl (C=O) groups is 2. The first-order chi connectivity index (χ1) is 13.7. The average molecular weight is 384 g/mol. The molecule has 2 aromatic rings. The molecule has 148 valence electrons. The molecular formula is C21H24N2O5. The lowest BCUT2D eigenvalue weighted by Gasteiger charge is -2.30. The van der Waals surface area contributed by atoms with Gasteiger partial charge in [0.1, 0.15) is 0 Å². The Balaban J connectivity index is 1.83. The highest BCUT2D eigenvalue weighted by atomic mass is 16.5. The second kappa shape index (κ2) is 9.87. The predicted octanol–water partition coefficient (Wildman–Crippen LogP) is 1.85. The Morgan fingerprint density at radius 2 is 1.75 bits per heavy atom. The van der Waals surface area contributed by atoms with Crippen molar-refractivity contribution in [3.8, 4) is 0 Å². The third kappa shape index (κ3) is 4.88. The molecule has 0 bridgehead atoms. The Kier molecular flexibility index (Phi) is 7.00. The van der Waals surface area contributed by atoms with Crippen molar-refractivity contribution in [3.05, 3.63) is 65.7 Å². The molecule has 0 radical (unpaired) electrons. The summed E-state index contributed by atoms with van der Waals surface area (Å²) in [5.41, 5.74) is 1.48. The number of nitrogens with one attached hydrogen (secondary N) is 1. The second-order valence-corrected chi connectivity index (χ2v) is 6.33. The van der Waals surface area contributed by atoms with Crippen molar-refractivity contribution in [2.45, 2.75) is 6.10 Å². The molecule has 3 rings (SSSR count). The van der Waals surface area contributed by atoms with Gasteiger partial charge in [-0.1, -0.05) is 42.5 Å². The maximum absolute atomic E-state index is 13.1. The van der Waals surface area contributed by atoms with Gasteiger partial charge in [-0.25, -0.2) is 4.79 Å². The van der Waals surface area contributed by atoms with Crippen LogP contribution >= 0.6 is 0 Å². The molecule has 7 heteroatoms. The van der Waals surface area contributed by atoms with Crippen LogP contribution in [0.15, 0.2) is 54.6 Å². The van der Waals surface area contributed by atoms with E-state index in [1.807, 2.05) is 6.07 Å². The summed E-state index contributed by atoms with van der Waals surface area (Å²) in [7, 11) is 0. The van der Waals surface area contributed by atoms with E-state index in [9.17, 15) is 9.59 Å². The van der Waals surface area contributed by atoms with Crippen LogP contribution in [0.4, 0.5) is 5.69 Å². The highest BCUT2D eigenvalue weighted by Crippen LogP contribution is 2.25. The lowest BCUT2D eigenvalue weighted by atomic mass is 10.1. The summed E-state index contributed by atoms with van der Waals surface area (Å²) in [6.45, 7) is 2.11. The van der Waals surface area contributed by atoms with Gasteiger partial charge in [0.25, 0.3) is 5.91 Å². The fourth-order valence-electron chi connectivity index (χ4n) is 3.01. The first-order valence-corrected chi connectivity index (χ1v) is 9.27. The summed E-state index contributed by atoms with van der Waals surface area (Å²) in [4.78, 5) is 27.6.